The summed E-state index contributed by atoms with van der Waals surface area (Å²) in [5.74, 6) is 0. The molecule has 0 amide bonds. The van der Waals surface area contributed by atoms with Crippen molar-refractivity contribution in [3.05, 3.63) is 41.7 Å². The Morgan fingerprint density at radius 2 is 2.43 bits per heavy atom. The Morgan fingerprint density at radius 1 is 1.43 bits per heavy atom. The summed E-state index contributed by atoms with van der Waals surface area (Å²) >= 11 is 1.51. The third kappa shape index (κ3) is 2.37. The molecule has 70 valence electrons. The Morgan fingerprint density at radius 3 is 3.14 bits per heavy atom. The van der Waals surface area contributed by atoms with E-state index in [2.05, 4.69) is 20.5 Å². The molecule has 1 N–H and O–H groups in total. The van der Waals surface area contributed by atoms with Crippen LogP contribution in [0.3, 0.4) is 0 Å². The maximum Gasteiger partial charge on any atom is 0.203 e. The standard InChI is InChI=1S/C9H8N4S/c1-2-8(6-10-3-1)7-12-13-9-11-4-5-14-9/h1-7H,(H,11,13)/b12-7-. The average molecular weight is 204 g/mol. The Kier molecular flexibility index (Phi) is 2.82. The van der Waals surface area contributed by atoms with Gasteiger partial charge in [-0.2, -0.15) is 5.10 Å². The van der Waals surface area contributed by atoms with Crippen molar-refractivity contribution < 1.29 is 0 Å². The van der Waals surface area contributed by atoms with Crippen LogP contribution in [0.4, 0.5) is 5.13 Å². The number of hydrogen-bond donors (Lipinski definition) is 1. The van der Waals surface area contributed by atoms with E-state index in [1.165, 1.54) is 11.3 Å². The molecule has 0 fully saturated rings. The van der Waals surface area contributed by atoms with E-state index >= 15 is 0 Å². The summed E-state index contributed by atoms with van der Waals surface area (Å²) in [7, 11) is 0. The van der Waals surface area contributed by atoms with E-state index in [1.54, 1.807) is 24.8 Å². The molecule has 0 aliphatic rings. The molecule has 0 saturated carbocycles. The summed E-state index contributed by atoms with van der Waals surface area (Å²) in [5, 5.41) is 6.69. The van der Waals surface area contributed by atoms with Gasteiger partial charge in [0, 0.05) is 29.5 Å². The van der Waals surface area contributed by atoms with Crippen LogP contribution < -0.4 is 5.43 Å². The van der Waals surface area contributed by atoms with Gasteiger partial charge in [0.2, 0.25) is 5.13 Å². The fraction of sp³-hybridized carbons (Fsp3) is 0. The highest BCUT2D eigenvalue weighted by molar-refractivity contribution is 7.13. The Labute approximate surface area is 85.3 Å². The van der Waals surface area contributed by atoms with Crippen LogP contribution in [0.2, 0.25) is 0 Å². The molecule has 0 aromatic carbocycles. The van der Waals surface area contributed by atoms with Gasteiger partial charge in [0.25, 0.3) is 0 Å². The number of hydrazone groups is 1. The van der Waals surface area contributed by atoms with Gasteiger partial charge in [0.15, 0.2) is 0 Å². The summed E-state index contributed by atoms with van der Waals surface area (Å²) in [6.45, 7) is 0. The number of nitrogens with one attached hydrogen (secondary N) is 1. The lowest BCUT2D eigenvalue weighted by Gasteiger charge is -1.92. The van der Waals surface area contributed by atoms with Crippen LogP contribution in [0.15, 0.2) is 41.2 Å². The first kappa shape index (κ1) is 8.83. The smallest absolute Gasteiger partial charge is 0.203 e. The van der Waals surface area contributed by atoms with Gasteiger partial charge in [-0.1, -0.05) is 6.07 Å². The molecule has 4 nitrogen and oxygen atoms in total. The Hall–Kier alpha value is -1.75. The first-order valence-corrected chi connectivity index (χ1v) is 4.92. The highest BCUT2D eigenvalue weighted by Gasteiger charge is 1.89. The van der Waals surface area contributed by atoms with Crippen molar-refractivity contribution >= 4 is 22.7 Å². The van der Waals surface area contributed by atoms with Crippen molar-refractivity contribution in [2.45, 2.75) is 0 Å². The van der Waals surface area contributed by atoms with Crippen molar-refractivity contribution in [3.63, 3.8) is 0 Å². The first-order chi connectivity index (χ1) is 6.95. The molecule has 2 aromatic heterocycles. The van der Waals surface area contributed by atoms with Crippen LogP contribution in [0.1, 0.15) is 5.56 Å². The Bertz CT molecular complexity index is 396. The zero-order chi connectivity index (χ0) is 9.64. The summed E-state index contributed by atoms with van der Waals surface area (Å²) in [4.78, 5) is 7.99. The molecule has 0 atom stereocenters. The van der Waals surface area contributed by atoms with Crippen molar-refractivity contribution in [2.24, 2.45) is 5.10 Å². The fourth-order valence-corrected chi connectivity index (χ4v) is 1.37. The average Bonchev–Trinajstić information content (AvgIpc) is 2.72. The zero-order valence-corrected chi connectivity index (χ0v) is 8.11. The van der Waals surface area contributed by atoms with Crippen LogP contribution in [0, 0.1) is 0 Å². The van der Waals surface area contributed by atoms with E-state index in [-0.39, 0.29) is 0 Å². The molecule has 0 unspecified atom stereocenters. The minimum atomic E-state index is 0.783. The van der Waals surface area contributed by atoms with E-state index < -0.39 is 0 Å². The highest BCUT2D eigenvalue weighted by atomic mass is 32.1. The van der Waals surface area contributed by atoms with Crippen LogP contribution >= 0.6 is 11.3 Å². The lowest BCUT2D eigenvalue weighted by atomic mass is 10.3. The van der Waals surface area contributed by atoms with E-state index in [9.17, 15) is 0 Å². The van der Waals surface area contributed by atoms with Crippen molar-refractivity contribution in [3.8, 4) is 0 Å². The van der Waals surface area contributed by atoms with E-state index in [0.717, 1.165) is 10.7 Å². The molecule has 0 radical (unpaired) electrons. The molecule has 0 aliphatic heterocycles. The number of pyridine rings is 1. The quantitative estimate of drug-likeness (QED) is 0.614. The van der Waals surface area contributed by atoms with E-state index in [1.807, 2.05) is 17.5 Å². The van der Waals surface area contributed by atoms with Crippen LogP contribution in [0.25, 0.3) is 0 Å². The van der Waals surface area contributed by atoms with Gasteiger partial charge < -0.3 is 0 Å². The second-order valence-corrected chi connectivity index (χ2v) is 3.39. The number of thiazole rings is 1. The van der Waals surface area contributed by atoms with Crippen LogP contribution in [0.5, 0.6) is 0 Å². The second-order valence-electron chi connectivity index (χ2n) is 2.49. The van der Waals surface area contributed by atoms with Gasteiger partial charge in [-0.3, -0.25) is 10.4 Å². The van der Waals surface area contributed by atoms with E-state index in [0.29, 0.717) is 0 Å². The van der Waals surface area contributed by atoms with E-state index in [4.69, 9.17) is 0 Å². The lowest BCUT2D eigenvalue weighted by Crippen LogP contribution is -1.89. The molecular weight excluding hydrogens is 196 g/mol. The largest absolute Gasteiger partial charge is 0.264 e. The molecule has 0 bridgehead atoms. The van der Waals surface area contributed by atoms with Crippen molar-refractivity contribution in [2.75, 3.05) is 5.43 Å². The molecule has 0 aliphatic carbocycles. The second kappa shape index (κ2) is 4.48. The fourth-order valence-electron chi connectivity index (χ4n) is 0.893. The maximum absolute atomic E-state index is 4.03. The monoisotopic (exact) mass is 204 g/mol. The summed E-state index contributed by atoms with van der Waals surface area (Å²) in [6.07, 6.45) is 6.90. The predicted octanol–water partition coefficient (Wildman–Crippen LogP) is 1.98. The van der Waals surface area contributed by atoms with Crippen molar-refractivity contribution in [1.29, 1.82) is 0 Å². The predicted molar refractivity (Wildman–Crippen MR) is 57.6 cm³/mol. The third-order valence-corrected chi connectivity index (χ3v) is 2.17. The first-order valence-electron chi connectivity index (χ1n) is 4.04. The van der Waals surface area contributed by atoms with Crippen LogP contribution in [-0.2, 0) is 0 Å². The zero-order valence-electron chi connectivity index (χ0n) is 7.29. The molecular formula is C9H8N4S. The minimum absolute atomic E-state index is 0.783. The number of rotatable bonds is 3. The summed E-state index contributed by atoms with van der Waals surface area (Å²) < 4.78 is 0. The van der Waals surface area contributed by atoms with Crippen LogP contribution in [-0.4, -0.2) is 16.2 Å². The van der Waals surface area contributed by atoms with Gasteiger partial charge in [0.1, 0.15) is 0 Å². The van der Waals surface area contributed by atoms with Gasteiger partial charge in [-0.25, -0.2) is 4.98 Å². The van der Waals surface area contributed by atoms with Gasteiger partial charge >= 0.3 is 0 Å². The molecule has 14 heavy (non-hydrogen) atoms. The van der Waals surface area contributed by atoms with Gasteiger partial charge in [-0.15, -0.1) is 11.3 Å². The molecule has 0 saturated heterocycles. The molecule has 5 heteroatoms. The number of anilines is 1. The van der Waals surface area contributed by atoms with Gasteiger partial charge in [-0.05, 0) is 6.07 Å². The third-order valence-electron chi connectivity index (χ3n) is 1.49. The number of hydrogen-bond acceptors (Lipinski definition) is 5. The summed E-state index contributed by atoms with van der Waals surface area (Å²) in [5.41, 5.74) is 3.78. The SMILES string of the molecule is C(=N/Nc1nccs1)/c1cccnc1. The van der Waals surface area contributed by atoms with Crippen molar-refractivity contribution in [1.82, 2.24) is 9.97 Å². The maximum atomic E-state index is 4.03. The molecule has 2 aromatic rings. The number of aromatic nitrogens is 2. The minimum Gasteiger partial charge on any atom is -0.264 e. The Balaban J connectivity index is 1.96. The normalized spacial score (nSPS) is 10.6. The molecule has 0 spiro atoms. The number of nitrogens with zero attached hydrogens (tertiary/aromatic N) is 3. The molecule has 2 rings (SSSR count). The molecule has 2 heterocycles. The lowest BCUT2D eigenvalue weighted by molar-refractivity contribution is 1.28. The highest BCUT2D eigenvalue weighted by Crippen LogP contribution is 2.09. The summed E-state index contributed by atoms with van der Waals surface area (Å²) in [6, 6.07) is 3.80. The van der Waals surface area contributed by atoms with Gasteiger partial charge in [0.05, 0.1) is 6.21 Å². The topological polar surface area (TPSA) is 50.2 Å².